The highest BCUT2D eigenvalue weighted by Crippen LogP contribution is 2.47. The summed E-state index contributed by atoms with van der Waals surface area (Å²) in [5.41, 5.74) is -1.92. The van der Waals surface area contributed by atoms with Crippen LogP contribution in [-0.4, -0.2) is 63.0 Å². The molecule has 0 spiro atoms. The minimum atomic E-state index is -5.90. The molecule has 15 heteroatoms. The third-order valence-corrected chi connectivity index (χ3v) is 8.30. The Morgan fingerprint density at radius 2 is 1.66 bits per heavy atom. The van der Waals surface area contributed by atoms with Crippen molar-refractivity contribution >= 4 is 37.8 Å². The number of sulfonamides is 1. The molecule has 0 amide bonds. The fraction of sp³-hybridized carbons (Fsp3) is 0.450. The summed E-state index contributed by atoms with van der Waals surface area (Å²) in [5, 5.41) is 4.81. The van der Waals surface area contributed by atoms with Gasteiger partial charge in [-0.2, -0.15) is 31.4 Å². The zero-order chi connectivity index (χ0) is 25.8. The number of anilines is 2. The lowest BCUT2D eigenvalue weighted by molar-refractivity contribution is -0.249. The summed E-state index contributed by atoms with van der Waals surface area (Å²) in [4.78, 5) is 2.20. The second-order valence-electron chi connectivity index (χ2n) is 8.10. The summed E-state index contributed by atoms with van der Waals surface area (Å²) in [6.07, 6.45) is -5.62. The number of benzene rings is 1. The van der Waals surface area contributed by atoms with Crippen LogP contribution in [0.3, 0.4) is 0 Å². The number of hydrazone groups is 1. The maximum atomic E-state index is 14.5. The number of nitrogens with zero attached hydrogens (tertiary/aromatic N) is 4. The lowest BCUT2D eigenvalue weighted by atomic mass is 10.0. The fourth-order valence-corrected chi connectivity index (χ4v) is 5.88. The first kappa shape index (κ1) is 25.7. The number of alkyl halides is 5. The second-order valence-corrected chi connectivity index (χ2v) is 11.2. The molecular weight excluding hydrogens is 525 g/mol. The van der Waals surface area contributed by atoms with Crippen LogP contribution in [0.1, 0.15) is 17.3 Å². The number of halogens is 7. The van der Waals surface area contributed by atoms with E-state index >= 15 is 0 Å². The highest BCUT2D eigenvalue weighted by molar-refractivity contribution is 7.88. The van der Waals surface area contributed by atoms with Crippen LogP contribution in [0.4, 0.5) is 41.4 Å². The lowest BCUT2D eigenvalue weighted by Gasteiger charge is -2.33. The molecule has 6 nitrogen and oxygen atoms in total. The van der Waals surface area contributed by atoms with E-state index in [4.69, 9.17) is 0 Å². The van der Waals surface area contributed by atoms with Crippen molar-refractivity contribution in [1.82, 2.24) is 4.31 Å². The van der Waals surface area contributed by atoms with E-state index < -0.39 is 57.6 Å². The van der Waals surface area contributed by atoms with Crippen LogP contribution in [0.2, 0.25) is 0 Å². The molecule has 4 rings (SSSR count). The van der Waals surface area contributed by atoms with E-state index in [2.05, 4.69) is 5.10 Å². The molecule has 2 aliphatic heterocycles. The minimum absolute atomic E-state index is 0.230. The Balaban J connectivity index is 1.64. The highest BCUT2D eigenvalue weighted by atomic mass is 32.2. The number of hydrogen-bond donors (Lipinski definition) is 0. The Kier molecular flexibility index (Phi) is 6.55. The first-order valence-electron chi connectivity index (χ1n) is 10.2. The fourth-order valence-electron chi connectivity index (χ4n) is 3.91. The van der Waals surface area contributed by atoms with Crippen molar-refractivity contribution in [3.05, 3.63) is 46.8 Å². The summed E-state index contributed by atoms with van der Waals surface area (Å²) in [7, 11) is -3.35. The molecule has 35 heavy (non-hydrogen) atoms. The standard InChI is InChI=1S/C20H19F7N4O2S2/c1-35(32,33)30-8-6-29(7-9-30)18-5-4-16(34-18)15-11-17(19(23,24)20(25,26)27)28-31(15)14-3-2-12(21)10-13(14)22/h2-5,10,15H,6-9,11H2,1H3. The van der Waals surface area contributed by atoms with E-state index in [1.54, 1.807) is 6.07 Å². The van der Waals surface area contributed by atoms with E-state index in [0.29, 0.717) is 29.0 Å². The molecule has 2 aromatic rings. The first-order chi connectivity index (χ1) is 16.2. The number of rotatable bonds is 5. The molecular formula is C20H19F7N4O2S2. The molecule has 1 aromatic carbocycles. The molecule has 1 fully saturated rings. The summed E-state index contributed by atoms with van der Waals surface area (Å²) >= 11 is 1.09. The SMILES string of the molecule is CS(=O)(=O)N1CCN(c2ccc(C3CC(C(F)(F)C(F)(F)F)=NN3c3ccc(F)cc3F)s2)CC1. The topological polar surface area (TPSA) is 56.2 Å². The van der Waals surface area contributed by atoms with E-state index in [0.717, 1.165) is 34.7 Å². The van der Waals surface area contributed by atoms with Crippen LogP contribution >= 0.6 is 11.3 Å². The Morgan fingerprint density at radius 3 is 2.23 bits per heavy atom. The smallest absolute Gasteiger partial charge is 0.361 e. The molecule has 0 saturated carbocycles. The molecule has 0 aliphatic carbocycles. The number of thiophene rings is 1. The van der Waals surface area contributed by atoms with Gasteiger partial charge in [-0.15, -0.1) is 11.3 Å². The second kappa shape index (κ2) is 8.92. The predicted molar refractivity (Wildman–Crippen MR) is 118 cm³/mol. The average Bonchev–Trinajstić information content (AvgIpc) is 3.40. The van der Waals surface area contributed by atoms with Crippen LogP contribution < -0.4 is 9.91 Å². The third-order valence-electron chi connectivity index (χ3n) is 5.75. The summed E-state index contributed by atoms with van der Waals surface area (Å²) < 4.78 is 120. The van der Waals surface area contributed by atoms with Crippen molar-refractivity contribution in [2.24, 2.45) is 5.10 Å². The predicted octanol–water partition coefficient (Wildman–Crippen LogP) is 4.61. The molecule has 2 aliphatic rings. The van der Waals surface area contributed by atoms with Gasteiger partial charge in [-0.3, -0.25) is 5.01 Å². The largest absolute Gasteiger partial charge is 0.459 e. The van der Waals surface area contributed by atoms with Gasteiger partial charge >= 0.3 is 12.1 Å². The quantitative estimate of drug-likeness (QED) is 0.516. The van der Waals surface area contributed by atoms with Gasteiger partial charge < -0.3 is 4.90 Å². The molecule has 192 valence electrons. The van der Waals surface area contributed by atoms with Gasteiger partial charge in [0.15, 0.2) is 5.82 Å². The molecule has 1 aromatic heterocycles. The van der Waals surface area contributed by atoms with Gasteiger partial charge in [0.25, 0.3) is 0 Å². The van der Waals surface area contributed by atoms with E-state index in [-0.39, 0.29) is 13.1 Å². The molecule has 1 saturated heterocycles. The van der Waals surface area contributed by atoms with Gasteiger partial charge in [0, 0.05) is 43.5 Å². The molecule has 3 heterocycles. The Morgan fingerprint density at radius 1 is 1.00 bits per heavy atom. The maximum Gasteiger partial charge on any atom is 0.459 e. The third kappa shape index (κ3) is 4.98. The van der Waals surface area contributed by atoms with Crippen LogP contribution in [0.15, 0.2) is 35.4 Å². The van der Waals surface area contributed by atoms with Crippen LogP contribution in [0.5, 0.6) is 0 Å². The zero-order valence-corrected chi connectivity index (χ0v) is 19.7. The summed E-state index contributed by atoms with van der Waals surface area (Å²) in [6.45, 7) is 1.16. The van der Waals surface area contributed by atoms with Gasteiger partial charge in [-0.05, 0) is 24.3 Å². The van der Waals surface area contributed by atoms with Crippen molar-refractivity contribution in [3.63, 3.8) is 0 Å². The van der Waals surface area contributed by atoms with Gasteiger partial charge in [-0.25, -0.2) is 17.2 Å². The van der Waals surface area contributed by atoms with Gasteiger partial charge in [0.2, 0.25) is 10.0 Å². The Bertz CT molecular complexity index is 1240. The van der Waals surface area contributed by atoms with Gasteiger partial charge in [-0.1, -0.05) is 0 Å². The highest BCUT2D eigenvalue weighted by Gasteiger charge is 2.63. The van der Waals surface area contributed by atoms with Gasteiger partial charge in [0.05, 0.1) is 23.0 Å². The van der Waals surface area contributed by atoms with Crippen molar-refractivity contribution in [1.29, 1.82) is 0 Å². The molecule has 1 unspecified atom stereocenters. The lowest BCUT2D eigenvalue weighted by Crippen LogP contribution is -2.48. The van der Waals surface area contributed by atoms with Crippen molar-refractivity contribution < 1.29 is 39.2 Å². The van der Waals surface area contributed by atoms with Crippen LogP contribution in [-0.2, 0) is 10.0 Å². The molecule has 0 bridgehead atoms. The normalized spacial score (nSPS) is 20.5. The first-order valence-corrected chi connectivity index (χ1v) is 12.9. The monoisotopic (exact) mass is 544 g/mol. The molecule has 0 N–H and O–H groups in total. The summed E-state index contributed by atoms with van der Waals surface area (Å²) in [6, 6.07) is 4.24. The van der Waals surface area contributed by atoms with E-state index in [1.807, 2.05) is 4.90 Å². The van der Waals surface area contributed by atoms with Crippen molar-refractivity contribution in [2.75, 3.05) is 42.3 Å². The van der Waals surface area contributed by atoms with E-state index in [1.165, 1.54) is 10.4 Å². The number of piperazine rings is 1. The summed E-state index contributed by atoms with van der Waals surface area (Å²) in [5.74, 6) is -7.35. The molecule has 1 atom stereocenters. The Hall–Kier alpha value is -2.39. The molecule has 0 radical (unpaired) electrons. The van der Waals surface area contributed by atoms with E-state index in [9.17, 15) is 39.2 Å². The Labute approximate surface area is 200 Å². The van der Waals surface area contributed by atoms with Crippen LogP contribution in [0, 0.1) is 11.6 Å². The van der Waals surface area contributed by atoms with Crippen molar-refractivity contribution in [3.8, 4) is 0 Å². The maximum absolute atomic E-state index is 14.5. The zero-order valence-electron chi connectivity index (χ0n) is 18.1. The number of hydrogen-bond acceptors (Lipinski definition) is 6. The van der Waals surface area contributed by atoms with Crippen molar-refractivity contribution in [2.45, 2.75) is 24.6 Å². The minimum Gasteiger partial charge on any atom is -0.361 e. The van der Waals surface area contributed by atoms with Crippen LogP contribution in [0.25, 0.3) is 0 Å². The average molecular weight is 545 g/mol. The van der Waals surface area contributed by atoms with Gasteiger partial charge in [0.1, 0.15) is 11.5 Å².